The highest BCUT2D eigenvalue weighted by Gasteiger charge is 2.35. The Morgan fingerprint density at radius 1 is 1.20 bits per heavy atom. The number of rotatable bonds is 7. The number of nitrogens with zero attached hydrogens (tertiary/aromatic N) is 1. The van der Waals surface area contributed by atoms with Crippen molar-refractivity contribution in [1.82, 2.24) is 4.90 Å². The minimum absolute atomic E-state index is 0.174. The number of thioether (sulfide) groups is 1. The lowest BCUT2D eigenvalue weighted by molar-refractivity contribution is -0.145. The highest BCUT2D eigenvalue weighted by molar-refractivity contribution is 14.1. The normalized spacial score (nSPS) is 15.0. The molecule has 1 saturated heterocycles. The standard InChI is InChI=1S/C21H17ClINO5S/c1-2-28-19(25)12-29-17-8-5-14(9-16(17)23)10-18-20(26)24(21(27)30-18)11-13-3-6-15(22)7-4-13/h3-10H,2,11-12H2,1H3/b18-10+. The lowest BCUT2D eigenvalue weighted by Gasteiger charge is -2.12. The number of carbonyl (C=O) groups excluding carboxylic acids is 3. The zero-order valence-corrected chi connectivity index (χ0v) is 19.6. The van der Waals surface area contributed by atoms with Gasteiger partial charge in [-0.2, -0.15) is 0 Å². The van der Waals surface area contributed by atoms with Gasteiger partial charge in [0, 0.05) is 5.02 Å². The van der Waals surface area contributed by atoms with E-state index in [9.17, 15) is 14.4 Å². The topological polar surface area (TPSA) is 72.9 Å². The van der Waals surface area contributed by atoms with Crippen molar-refractivity contribution in [3.8, 4) is 5.75 Å². The average molecular weight is 558 g/mol. The largest absolute Gasteiger partial charge is 0.481 e. The van der Waals surface area contributed by atoms with Crippen molar-refractivity contribution >= 4 is 69.1 Å². The minimum atomic E-state index is -0.438. The molecule has 1 heterocycles. The van der Waals surface area contributed by atoms with Gasteiger partial charge in [0.1, 0.15) is 5.75 Å². The molecular formula is C21H17ClINO5S. The van der Waals surface area contributed by atoms with Gasteiger partial charge in [-0.3, -0.25) is 14.5 Å². The molecule has 0 unspecified atom stereocenters. The van der Waals surface area contributed by atoms with Crippen LogP contribution in [0.15, 0.2) is 47.4 Å². The highest BCUT2D eigenvalue weighted by atomic mass is 127. The fourth-order valence-electron chi connectivity index (χ4n) is 2.62. The third kappa shape index (κ3) is 5.77. The number of carbonyl (C=O) groups is 3. The molecule has 1 aliphatic heterocycles. The molecule has 2 amide bonds. The molecular weight excluding hydrogens is 541 g/mol. The van der Waals surface area contributed by atoms with Crippen molar-refractivity contribution in [2.24, 2.45) is 0 Å². The van der Waals surface area contributed by atoms with Crippen LogP contribution in [0, 0.1) is 3.57 Å². The summed E-state index contributed by atoms with van der Waals surface area (Å²) in [5.74, 6) is -0.235. The first-order chi connectivity index (χ1) is 14.4. The fraction of sp³-hybridized carbons (Fsp3) is 0.190. The average Bonchev–Trinajstić information content (AvgIpc) is 2.96. The lowest BCUT2D eigenvalue weighted by atomic mass is 10.2. The molecule has 1 fully saturated rings. The first kappa shape index (κ1) is 22.6. The van der Waals surface area contributed by atoms with Crippen LogP contribution < -0.4 is 4.74 Å². The van der Waals surface area contributed by atoms with E-state index < -0.39 is 5.97 Å². The zero-order chi connectivity index (χ0) is 21.7. The molecule has 1 aliphatic rings. The van der Waals surface area contributed by atoms with Gasteiger partial charge in [-0.05, 0) is 82.7 Å². The molecule has 6 nitrogen and oxygen atoms in total. The summed E-state index contributed by atoms with van der Waals surface area (Å²) in [7, 11) is 0. The second kappa shape index (κ2) is 10.3. The van der Waals surface area contributed by atoms with Crippen LogP contribution in [-0.2, 0) is 20.9 Å². The quantitative estimate of drug-likeness (QED) is 0.267. The SMILES string of the molecule is CCOC(=O)COc1ccc(/C=C2/SC(=O)N(Cc3ccc(Cl)cc3)C2=O)cc1I. The van der Waals surface area contributed by atoms with Gasteiger partial charge < -0.3 is 9.47 Å². The Kier molecular flexibility index (Phi) is 7.79. The zero-order valence-electron chi connectivity index (χ0n) is 15.9. The number of benzene rings is 2. The van der Waals surface area contributed by atoms with Crippen LogP contribution in [0.1, 0.15) is 18.1 Å². The molecule has 0 aliphatic carbocycles. The molecule has 0 N–H and O–H groups in total. The number of ether oxygens (including phenoxy) is 2. The Bertz CT molecular complexity index is 1010. The molecule has 0 radical (unpaired) electrons. The van der Waals surface area contributed by atoms with Gasteiger partial charge in [-0.15, -0.1) is 0 Å². The summed E-state index contributed by atoms with van der Waals surface area (Å²) in [5.41, 5.74) is 1.57. The maximum absolute atomic E-state index is 12.7. The molecule has 0 spiro atoms. The fourth-order valence-corrected chi connectivity index (χ4v) is 4.28. The Hall–Kier alpha value is -2.04. The monoisotopic (exact) mass is 557 g/mol. The highest BCUT2D eigenvalue weighted by Crippen LogP contribution is 2.34. The number of halogens is 2. The summed E-state index contributed by atoms with van der Waals surface area (Å²) < 4.78 is 11.1. The maximum atomic E-state index is 12.7. The van der Waals surface area contributed by atoms with Crippen LogP contribution in [0.3, 0.4) is 0 Å². The van der Waals surface area contributed by atoms with Crippen molar-refractivity contribution in [3.63, 3.8) is 0 Å². The van der Waals surface area contributed by atoms with E-state index in [1.807, 2.05) is 6.07 Å². The van der Waals surface area contributed by atoms with Crippen LogP contribution in [0.2, 0.25) is 5.02 Å². The number of amides is 2. The van der Waals surface area contributed by atoms with Crippen molar-refractivity contribution in [2.75, 3.05) is 13.2 Å². The first-order valence-electron chi connectivity index (χ1n) is 8.95. The second-order valence-electron chi connectivity index (χ2n) is 6.18. The molecule has 0 aromatic heterocycles. The summed E-state index contributed by atoms with van der Waals surface area (Å²) in [6.45, 7) is 2.04. The smallest absolute Gasteiger partial charge is 0.344 e. The van der Waals surface area contributed by atoms with Crippen LogP contribution in [0.5, 0.6) is 5.75 Å². The van der Waals surface area contributed by atoms with Crippen molar-refractivity contribution in [2.45, 2.75) is 13.5 Å². The first-order valence-corrected chi connectivity index (χ1v) is 11.2. The maximum Gasteiger partial charge on any atom is 0.344 e. The number of imide groups is 1. The van der Waals surface area contributed by atoms with Crippen molar-refractivity contribution in [1.29, 1.82) is 0 Å². The Morgan fingerprint density at radius 3 is 2.60 bits per heavy atom. The van der Waals surface area contributed by atoms with E-state index in [0.717, 1.165) is 26.5 Å². The van der Waals surface area contributed by atoms with Crippen molar-refractivity contribution < 1.29 is 23.9 Å². The van der Waals surface area contributed by atoms with E-state index in [1.165, 1.54) is 4.90 Å². The molecule has 0 bridgehead atoms. The summed E-state index contributed by atoms with van der Waals surface area (Å²) >= 11 is 8.87. The summed E-state index contributed by atoms with van der Waals surface area (Å²) in [6, 6.07) is 12.3. The molecule has 0 atom stereocenters. The molecule has 2 aromatic carbocycles. The molecule has 9 heteroatoms. The summed E-state index contributed by atoms with van der Waals surface area (Å²) in [6.07, 6.45) is 1.67. The number of esters is 1. The molecule has 3 rings (SSSR count). The van der Waals surface area contributed by atoms with Gasteiger partial charge in [0.15, 0.2) is 6.61 Å². The molecule has 0 saturated carbocycles. The Balaban J connectivity index is 1.69. The third-order valence-corrected chi connectivity index (χ3v) is 6.03. The van der Waals surface area contributed by atoms with E-state index in [0.29, 0.717) is 22.3 Å². The van der Waals surface area contributed by atoms with Gasteiger partial charge in [-0.1, -0.05) is 29.8 Å². The number of hydrogen-bond donors (Lipinski definition) is 0. The second-order valence-corrected chi connectivity index (χ2v) is 8.77. The summed E-state index contributed by atoms with van der Waals surface area (Å²) in [4.78, 5) is 38.0. The van der Waals surface area contributed by atoms with E-state index in [-0.39, 0.29) is 24.3 Å². The summed E-state index contributed by atoms with van der Waals surface area (Å²) in [5, 5.41) is 0.280. The van der Waals surface area contributed by atoms with Gasteiger partial charge in [0.2, 0.25) is 0 Å². The van der Waals surface area contributed by atoms with Crippen LogP contribution >= 0.6 is 46.0 Å². The van der Waals surface area contributed by atoms with E-state index in [1.54, 1.807) is 49.4 Å². The van der Waals surface area contributed by atoms with E-state index in [4.69, 9.17) is 21.1 Å². The molecule has 156 valence electrons. The third-order valence-electron chi connectivity index (χ3n) is 4.03. The molecule has 30 heavy (non-hydrogen) atoms. The van der Waals surface area contributed by atoms with E-state index >= 15 is 0 Å². The van der Waals surface area contributed by atoms with E-state index in [2.05, 4.69) is 22.6 Å². The Morgan fingerprint density at radius 2 is 1.93 bits per heavy atom. The van der Waals surface area contributed by atoms with Gasteiger partial charge >= 0.3 is 5.97 Å². The van der Waals surface area contributed by atoms with Gasteiger partial charge in [0.05, 0.1) is 21.6 Å². The Labute approximate surface area is 196 Å². The van der Waals surface area contributed by atoms with Gasteiger partial charge in [0.25, 0.3) is 11.1 Å². The lowest BCUT2D eigenvalue weighted by Crippen LogP contribution is -2.27. The number of hydrogen-bond acceptors (Lipinski definition) is 6. The predicted molar refractivity (Wildman–Crippen MR) is 124 cm³/mol. The van der Waals surface area contributed by atoms with Crippen molar-refractivity contribution in [3.05, 3.63) is 67.1 Å². The van der Waals surface area contributed by atoms with Crippen LogP contribution in [-0.4, -0.2) is 35.2 Å². The van der Waals surface area contributed by atoms with Crippen LogP contribution in [0.25, 0.3) is 6.08 Å². The molecule has 2 aromatic rings. The van der Waals surface area contributed by atoms with Crippen LogP contribution in [0.4, 0.5) is 4.79 Å². The minimum Gasteiger partial charge on any atom is -0.481 e. The van der Waals surface area contributed by atoms with Gasteiger partial charge in [-0.25, -0.2) is 4.79 Å². The predicted octanol–water partition coefficient (Wildman–Crippen LogP) is 5.12.